The Morgan fingerprint density at radius 3 is 1.47 bits per heavy atom. The van der Waals surface area contributed by atoms with Crippen molar-refractivity contribution in [3.8, 4) is 22.9 Å². The number of benzene rings is 4. The molecule has 0 unspecified atom stereocenters. The van der Waals surface area contributed by atoms with Crippen LogP contribution in [0, 0.1) is 0 Å². The molecular weight excluding hydrogens is 510 g/mol. The van der Waals surface area contributed by atoms with E-state index in [9.17, 15) is 26.3 Å². The Labute approximate surface area is 210 Å². The number of hydrogen-bond acceptors (Lipinski definition) is 4. The van der Waals surface area contributed by atoms with Crippen molar-refractivity contribution in [1.82, 2.24) is 20.4 Å². The number of H-pyrrole nitrogens is 1. The molecule has 4 aromatic carbocycles. The van der Waals surface area contributed by atoms with Gasteiger partial charge in [0.15, 0.2) is 0 Å². The van der Waals surface area contributed by atoms with Gasteiger partial charge in [0.25, 0.3) is 0 Å². The van der Waals surface area contributed by atoms with Gasteiger partial charge in [0.1, 0.15) is 0 Å². The Bertz CT molecular complexity index is 1580. The third-order valence-corrected chi connectivity index (χ3v) is 5.71. The average molecular weight is 526 g/mol. The Morgan fingerprint density at radius 2 is 1.11 bits per heavy atom. The molecule has 0 saturated heterocycles. The topological polar surface area (TPSA) is 67.6 Å². The fraction of sp³-hybridized carbons (Fsp3) is 0.0741. The van der Waals surface area contributed by atoms with Gasteiger partial charge in [-0.05, 0) is 64.0 Å². The maximum absolute atomic E-state index is 13.0. The summed E-state index contributed by atoms with van der Waals surface area (Å²) in [4.78, 5) is 0. The molecule has 0 aliphatic carbocycles. The van der Waals surface area contributed by atoms with Gasteiger partial charge in [-0.15, -0.1) is 10.2 Å². The summed E-state index contributed by atoms with van der Waals surface area (Å²) in [6.45, 7) is 0. The molecule has 0 saturated carbocycles. The number of nitrogens with zero attached hydrogens (tertiary/aromatic N) is 3. The maximum Gasteiger partial charge on any atom is 0.416 e. The molecule has 0 spiro atoms. The van der Waals surface area contributed by atoms with E-state index in [0.29, 0.717) is 32.7 Å². The van der Waals surface area contributed by atoms with Crippen LogP contribution in [-0.4, -0.2) is 20.4 Å². The van der Waals surface area contributed by atoms with Crippen molar-refractivity contribution in [2.45, 2.75) is 12.4 Å². The van der Waals surface area contributed by atoms with Crippen molar-refractivity contribution in [1.29, 1.82) is 0 Å². The van der Waals surface area contributed by atoms with Crippen LogP contribution >= 0.6 is 0 Å². The van der Waals surface area contributed by atoms with E-state index < -0.39 is 23.5 Å². The second kappa shape index (κ2) is 9.66. The number of rotatable bonds is 2. The molecule has 0 aliphatic rings. The van der Waals surface area contributed by atoms with E-state index in [1.807, 2.05) is 6.07 Å². The Morgan fingerprint density at radius 1 is 0.605 bits per heavy atom. The lowest BCUT2D eigenvalue weighted by Gasteiger charge is -2.09. The molecular formula is C27H16F6N4O. The first-order valence-corrected chi connectivity index (χ1v) is 11.1. The van der Waals surface area contributed by atoms with Gasteiger partial charge in [-0.3, -0.25) is 5.10 Å². The summed E-state index contributed by atoms with van der Waals surface area (Å²) in [6, 6.07) is 18.1. The lowest BCUT2D eigenvalue weighted by Crippen LogP contribution is -2.04. The van der Waals surface area contributed by atoms with Crippen LogP contribution in [0.3, 0.4) is 0 Å². The summed E-state index contributed by atoms with van der Waals surface area (Å²) in [7, 11) is 0. The van der Waals surface area contributed by atoms with E-state index in [4.69, 9.17) is 4.42 Å². The summed E-state index contributed by atoms with van der Waals surface area (Å²) in [5.74, 6) is 0.165. The van der Waals surface area contributed by atoms with Gasteiger partial charge in [0.05, 0.1) is 11.1 Å². The first kappa shape index (κ1) is 25.0. The minimum atomic E-state index is -4.47. The van der Waals surface area contributed by atoms with Crippen LogP contribution < -0.4 is 0 Å². The zero-order chi connectivity index (χ0) is 26.9. The minimum absolute atomic E-state index is 0.0827. The molecule has 2 aromatic heterocycles. The first-order valence-electron chi connectivity index (χ1n) is 11.1. The highest BCUT2D eigenvalue weighted by molar-refractivity contribution is 5.97. The number of fused-ring (bicyclic) bond motifs is 2. The quantitative estimate of drug-likeness (QED) is 0.231. The molecule has 0 radical (unpaired) electrons. The highest BCUT2D eigenvalue weighted by Crippen LogP contribution is 2.37. The Hall–Kier alpha value is -4.67. The normalized spacial score (nSPS) is 11.9. The summed E-state index contributed by atoms with van der Waals surface area (Å²) >= 11 is 0. The number of alkyl halides is 6. The summed E-state index contributed by atoms with van der Waals surface area (Å²) in [5, 5.41) is 16.0. The lowest BCUT2D eigenvalue weighted by atomic mass is 10.0. The average Bonchev–Trinajstić information content (AvgIpc) is 3.62. The van der Waals surface area contributed by atoms with E-state index in [1.165, 1.54) is 12.1 Å². The lowest BCUT2D eigenvalue weighted by molar-refractivity contribution is -0.138. The molecule has 0 aliphatic heterocycles. The molecule has 1 N–H and O–H groups in total. The van der Waals surface area contributed by atoms with Crippen LogP contribution in [-0.2, 0) is 12.4 Å². The second-order valence-electron chi connectivity index (χ2n) is 8.16. The van der Waals surface area contributed by atoms with Gasteiger partial charge < -0.3 is 4.42 Å². The Kier molecular flexibility index (Phi) is 6.35. The van der Waals surface area contributed by atoms with Crippen LogP contribution in [0.4, 0.5) is 26.3 Å². The highest BCUT2D eigenvalue weighted by Gasteiger charge is 2.31. The first-order chi connectivity index (χ1) is 18.1. The maximum atomic E-state index is 13.0. The van der Waals surface area contributed by atoms with Crippen molar-refractivity contribution in [3.63, 3.8) is 0 Å². The SMILES string of the molecule is FC(F)(F)c1ccc2c(-c3nnc(-c4cccc5cc(C(F)(F)F)ccc45)o3)cccc2c1.c1cn[nH]c1. The predicted octanol–water partition coefficient (Wildman–Crippen LogP) is 8.16. The molecule has 2 heterocycles. The van der Waals surface area contributed by atoms with E-state index in [-0.39, 0.29) is 11.8 Å². The molecule has 192 valence electrons. The largest absolute Gasteiger partial charge is 0.416 e. The van der Waals surface area contributed by atoms with Crippen LogP contribution in [0.25, 0.3) is 44.5 Å². The van der Waals surface area contributed by atoms with Crippen LogP contribution in [0.15, 0.2) is 95.7 Å². The smallest absolute Gasteiger partial charge is 0.416 e. The summed E-state index contributed by atoms with van der Waals surface area (Å²) < 4.78 is 84.1. The van der Waals surface area contributed by atoms with E-state index in [1.54, 1.807) is 48.8 Å². The van der Waals surface area contributed by atoms with Gasteiger partial charge in [-0.25, -0.2) is 0 Å². The second-order valence-corrected chi connectivity index (χ2v) is 8.16. The number of aromatic amines is 1. The molecule has 0 amide bonds. The highest BCUT2D eigenvalue weighted by atomic mass is 19.4. The fourth-order valence-corrected chi connectivity index (χ4v) is 3.95. The predicted molar refractivity (Wildman–Crippen MR) is 129 cm³/mol. The van der Waals surface area contributed by atoms with E-state index in [0.717, 1.165) is 24.3 Å². The third kappa shape index (κ3) is 5.08. The molecule has 6 aromatic rings. The van der Waals surface area contributed by atoms with Gasteiger partial charge in [-0.2, -0.15) is 31.4 Å². The summed E-state index contributed by atoms with van der Waals surface area (Å²) in [6.07, 6.45) is -5.48. The van der Waals surface area contributed by atoms with Gasteiger partial charge in [0, 0.05) is 23.5 Å². The number of aromatic nitrogens is 4. The van der Waals surface area contributed by atoms with E-state index >= 15 is 0 Å². The van der Waals surface area contributed by atoms with E-state index in [2.05, 4.69) is 20.4 Å². The molecule has 0 bridgehead atoms. The van der Waals surface area contributed by atoms with Gasteiger partial charge in [0.2, 0.25) is 11.8 Å². The number of nitrogens with one attached hydrogen (secondary N) is 1. The zero-order valence-corrected chi connectivity index (χ0v) is 19.2. The molecule has 0 fully saturated rings. The standard InChI is InChI=1S/C24H12F6N2O.C3H4N2/c25-23(26,27)15-7-9-17-13(11-15)3-1-5-19(17)21-31-32-22(33-21)20-6-2-4-14-12-16(24(28,29)30)8-10-18(14)20;1-2-4-5-3-1/h1-12H;1-3H,(H,4,5). The molecule has 0 atom stereocenters. The molecule has 38 heavy (non-hydrogen) atoms. The van der Waals surface area contributed by atoms with Crippen LogP contribution in [0.1, 0.15) is 11.1 Å². The summed E-state index contributed by atoms with van der Waals surface area (Å²) in [5.41, 5.74) is -0.654. The monoisotopic (exact) mass is 526 g/mol. The van der Waals surface area contributed by atoms with Crippen molar-refractivity contribution in [2.24, 2.45) is 0 Å². The van der Waals surface area contributed by atoms with Crippen molar-refractivity contribution >= 4 is 21.5 Å². The fourth-order valence-electron chi connectivity index (χ4n) is 3.95. The molecule has 11 heteroatoms. The molecule has 5 nitrogen and oxygen atoms in total. The number of halogens is 6. The van der Waals surface area contributed by atoms with Crippen molar-refractivity contribution in [3.05, 3.63) is 102 Å². The Balaban J connectivity index is 0.000000529. The van der Waals surface area contributed by atoms with Crippen molar-refractivity contribution in [2.75, 3.05) is 0 Å². The van der Waals surface area contributed by atoms with Crippen molar-refractivity contribution < 1.29 is 30.8 Å². The van der Waals surface area contributed by atoms with Gasteiger partial charge >= 0.3 is 12.4 Å². The molecule has 6 rings (SSSR count). The van der Waals surface area contributed by atoms with Crippen LogP contribution in [0.2, 0.25) is 0 Å². The minimum Gasteiger partial charge on any atom is -0.416 e. The zero-order valence-electron chi connectivity index (χ0n) is 19.2. The third-order valence-electron chi connectivity index (χ3n) is 5.71. The van der Waals surface area contributed by atoms with Crippen LogP contribution in [0.5, 0.6) is 0 Å². The van der Waals surface area contributed by atoms with Gasteiger partial charge in [-0.1, -0.05) is 36.4 Å². The number of hydrogen-bond donors (Lipinski definition) is 1.